The number of aliphatic hydroxyl groups excluding tert-OH is 1. The van der Waals surface area contributed by atoms with E-state index >= 15 is 0 Å². The van der Waals surface area contributed by atoms with Crippen LogP contribution >= 0.6 is 0 Å². The maximum atomic E-state index is 10.5. The normalized spacial score (nSPS) is 38.0. The SMILES string of the molecule is CC#Cc1cc2c(cc1O)CC[C@@H]1[C@@H]2CC[C@]2(C)[C@@H]1CC[C@@H]2O. The summed E-state index contributed by atoms with van der Waals surface area (Å²) in [7, 11) is 0. The summed E-state index contributed by atoms with van der Waals surface area (Å²) in [4.78, 5) is 0. The molecule has 2 heteroatoms. The zero-order valence-electron chi connectivity index (χ0n) is 14.1. The number of aryl methyl sites for hydroxylation is 1. The molecule has 0 bridgehead atoms. The molecule has 1 aromatic carbocycles. The Hall–Kier alpha value is -1.46. The summed E-state index contributed by atoms with van der Waals surface area (Å²) in [6.07, 6.45) is 6.56. The highest BCUT2D eigenvalue weighted by molar-refractivity contribution is 5.52. The van der Waals surface area contributed by atoms with Gasteiger partial charge in [-0.3, -0.25) is 0 Å². The number of hydrogen-bond acceptors (Lipinski definition) is 2. The van der Waals surface area contributed by atoms with E-state index < -0.39 is 0 Å². The average Bonchev–Trinajstić information content (AvgIpc) is 2.84. The van der Waals surface area contributed by atoms with Crippen molar-refractivity contribution in [2.75, 3.05) is 0 Å². The van der Waals surface area contributed by atoms with Crippen LogP contribution in [0.4, 0.5) is 0 Å². The maximum Gasteiger partial charge on any atom is 0.131 e. The smallest absolute Gasteiger partial charge is 0.131 e. The summed E-state index contributed by atoms with van der Waals surface area (Å²) in [5, 5.41) is 20.7. The lowest BCUT2D eigenvalue weighted by Crippen LogP contribution is -2.43. The second-order valence-corrected chi connectivity index (χ2v) is 8.00. The Morgan fingerprint density at radius 1 is 1.17 bits per heavy atom. The Bertz CT molecular complexity index is 696. The zero-order chi connectivity index (χ0) is 16.2. The van der Waals surface area contributed by atoms with Crippen LogP contribution in [0.3, 0.4) is 0 Å². The van der Waals surface area contributed by atoms with Crippen molar-refractivity contribution in [1.82, 2.24) is 0 Å². The van der Waals surface area contributed by atoms with Crippen molar-refractivity contribution in [3.63, 3.8) is 0 Å². The molecule has 2 saturated carbocycles. The zero-order valence-corrected chi connectivity index (χ0v) is 14.1. The van der Waals surface area contributed by atoms with Gasteiger partial charge in [0.1, 0.15) is 5.75 Å². The van der Waals surface area contributed by atoms with Crippen molar-refractivity contribution < 1.29 is 10.2 Å². The number of fused-ring (bicyclic) bond motifs is 5. The Morgan fingerprint density at radius 3 is 2.78 bits per heavy atom. The molecule has 2 fully saturated rings. The second kappa shape index (κ2) is 5.28. The number of rotatable bonds is 0. The van der Waals surface area contributed by atoms with Crippen LogP contribution in [-0.4, -0.2) is 16.3 Å². The first kappa shape index (κ1) is 15.1. The Kier molecular flexibility index (Phi) is 3.46. The minimum absolute atomic E-state index is 0.115. The third-order valence-corrected chi connectivity index (χ3v) is 7.05. The largest absolute Gasteiger partial charge is 0.507 e. The first-order valence-corrected chi connectivity index (χ1v) is 9.01. The summed E-state index contributed by atoms with van der Waals surface area (Å²) < 4.78 is 0. The number of hydrogen-bond donors (Lipinski definition) is 2. The van der Waals surface area contributed by atoms with Gasteiger partial charge in [-0.15, -0.1) is 5.92 Å². The molecule has 1 aromatic rings. The van der Waals surface area contributed by atoms with Crippen LogP contribution in [0.25, 0.3) is 0 Å². The molecule has 3 aliphatic rings. The molecule has 0 amide bonds. The molecule has 0 radical (unpaired) electrons. The molecule has 0 saturated heterocycles. The lowest BCUT2D eigenvalue weighted by atomic mass is 9.55. The van der Waals surface area contributed by atoms with Crippen molar-refractivity contribution in [2.24, 2.45) is 17.3 Å². The second-order valence-electron chi connectivity index (χ2n) is 8.00. The molecule has 0 spiro atoms. The monoisotopic (exact) mass is 310 g/mol. The van der Waals surface area contributed by atoms with Gasteiger partial charge in [0, 0.05) is 0 Å². The number of aliphatic hydroxyl groups is 1. The van der Waals surface area contributed by atoms with Gasteiger partial charge in [-0.1, -0.05) is 12.8 Å². The summed E-state index contributed by atoms with van der Waals surface area (Å²) >= 11 is 0. The van der Waals surface area contributed by atoms with Crippen LogP contribution < -0.4 is 0 Å². The fraction of sp³-hybridized carbons (Fsp3) is 0.619. The van der Waals surface area contributed by atoms with Gasteiger partial charge in [0.15, 0.2) is 0 Å². The van der Waals surface area contributed by atoms with E-state index in [0.717, 1.165) is 31.2 Å². The molecule has 0 aromatic heterocycles. The summed E-state index contributed by atoms with van der Waals surface area (Å²) in [6, 6.07) is 4.09. The van der Waals surface area contributed by atoms with E-state index in [-0.39, 0.29) is 11.5 Å². The van der Waals surface area contributed by atoms with E-state index in [1.807, 2.05) is 13.0 Å². The molecule has 4 rings (SSSR count). The van der Waals surface area contributed by atoms with E-state index in [2.05, 4.69) is 24.8 Å². The number of phenolic OH excluding ortho intramolecular Hbond substituents is 1. The Morgan fingerprint density at radius 2 is 2.00 bits per heavy atom. The highest BCUT2D eigenvalue weighted by Gasteiger charge is 2.54. The lowest BCUT2D eigenvalue weighted by Gasteiger charge is -2.50. The van der Waals surface area contributed by atoms with Crippen LogP contribution in [-0.2, 0) is 6.42 Å². The summed E-state index contributed by atoms with van der Waals surface area (Å²) in [5.41, 5.74) is 3.63. The van der Waals surface area contributed by atoms with Crippen LogP contribution in [0.5, 0.6) is 5.75 Å². The quantitative estimate of drug-likeness (QED) is 0.712. The van der Waals surface area contributed by atoms with Crippen molar-refractivity contribution in [3.05, 3.63) is 28.8 Å². The van der Waals surface area contributed by atoms with Crippen molar-refractivity contribution in [2.45, 2.75) is 64.4 Å². The first-order valence-electron chi connectivity index (χ1n) is 9.01. The minimum atomic E-state index is -0.115. The molecule has 0 aliphatic heterocycles. The average molecular weight is 310 g/mol. The lowest BCUT2D eigenvalue weighted by molar-refractivity contribution is -0.0226. The van der Waals surface area contributed by atoms with Crippen LogP contribution in [0, 0.1) is 29.1 Å². The third kappa shape index (κ3) is 2.13. The highest BCUT2D eigenvalue weighted by atomic mass is 16.3. The molecule has 122 valence electrons. The first-order chi connectivity index (χ1) is 11.0. The molecular formula is C21H26O2. The van der Waals surface area contributed by atoms with E-state index in [1.54, 1.807) is 0 Å². The predicted octanol–water partition coefficient (Wildman–Crippen LogP) is 3.98. The number of aromatic hydroxyl groups is 1. The molecule has 3 aliphatic carbocycles. The van der Waals surface area contributed by atoms with Crippen LogP contribution in [0.15, 0.2) is 12.1 Å². The number of benzene rings is 1. The van der Waals surface area contributed by atoms with Gasteiger partial charge in [0.2, 0.25) is 0 Å². The highest BCUT2D eigenvalue weighted by Crippen LogP contribution is 2.61. The summed E-state index contributed by atoms with van der Waals surface area (Å²) in [6.45, 7) is 4.12. The fourth-order valence-corrected chi connectivity index (χ4v) is 5.82. The Balaban J connectivity index is 1.74. The van der Waals surface area contributed by atoms with Crippen molar-refractivity contribution >= 4 is 0 Å². The minimum Gasteiger partial charge on any atom is -0.507 e. The molecular weight excluding hydrogens is 284 g/mol. The van der Waals surface area contributed by atoms with Crippen LogP contribution in [0.1, 0.15) is 68.6 Å². The number of phenols is 1. The topological polar surface area (TPSA) is 40.5 Å². The van der Waals surface area contributed by atoms with Gasteiger partial charge in [0.05, 0.1) is 11.7 Å². The van der Waals surface area contributed by atoms with Gasteiger partial charge in [-0.05, 0) is 91.9 Å². The fourth-order valence-electron chi connectivity index (χ4n) is 5.82. The third-order valence-electron chi connectivity index (χ3n) is 7.05. The van der Waals surface area contributed by atoms with Gasteiger partial charge < -0.3 is 10.2 Å². The van der Waals surface area contributed by atoms with Crippen LogP contribution in [0.2, 0.25) is 0 Å². The van der Waals surface area contributed by atoms with E-state index in [1.165, 1.54) is 24.0 Å². The molecule has 23 heavy (non-hydrogen) atoms. The predicted molar refractivity (Wildman–Crippen MR) is 91.3 cm³/mol. The van der Waals surface area contributed by atoms with E-state index in [0.29, 0.717) is 23.5 Å². The molecule has 0 heterocycles. The standard InChI is InChI=1S/C21H26O2/c1-3-4-14-11-17-13(12-19(14)22)5-6-16-15(17)9-10-21(2)18(16)7-8-20(21)23/h11-12,15-16,18,20,22-23H,5-10H2,1-2H3/t15-,16+,18+,20-,21+/m0/s1. The molecule has 0 unspecified atom stereocenters. The van der Waals surface area contributed by atoms with Gasteiger partial charge >= 0.3 is 0 Å². The summed E-state index contributed by atoms with van der Waals surface area (Å²) in [5.74, 6) is 8.20. The van der Waals surface area contributed by atoms with Crippen molar-refractivity contribution in [1.29, 1.82) is 0 Å². The maximum absolute atomic E-state index is 10.5. The molecule has 2 N–H and O–H groups in total. The van der Waals surface area contributed by atoms with Gasteiger partial charge in [0.25, 0.3) is 0 Å². The van der Waals surface area contributed by atoms with E-state index in [9.17, 15) is 10.2 Å². The van der Waals surface area contributed by atoms with Gasteiger partial charge in [-0.25, -0.2) is 0 Å². The van der Waals surface area contributed by atoms with Crippen molar-refractivity contribution in [3.8, 4) is 17.6 Å². The molecule has 5 atom stereocenters. The molecule has 2 nitrogen and oxygen atoms in total. The Labute approximate surface area is 138 Å². The van der Waals surface area contributed by atoms with Gasteiger partial charge in [-0.2, -0.15) is 0 Å². The van der Waals surface area contributed by atoms with E-state index in [4.69, 9.17) is 0 Å².